The number of hydrogen-bond donors (Lipinski definition) is 2. The van der Waals surface area contributed by atoms with E-state index in [1.807, 2.05) is 30.5 Å². The number of alkyl halides is 3. The molecule has 1 aliphatic rings. The maximum absolute atomic E-state index is 13.0. The van der Waals surface area contributed by atoms with Gasteiger partial charge in [-0.2, -0.15) is 13.2 Å². The maximum atomic E-state index is 13.0. The second-order valence-corrected chi connectivity index (χ2v) is 6.76. The van der Waals surface area contributed by atoms with Gasteiger partial charge in [-0.3, -0.25) is 4.79 Å². The molecule has 25 heavy (non-hydrogen) atoms. The smallest absolute Gasteiger partial charge is 0.394 e. The van der Waals surface area contributed by atoms with E-state index in [1.165, 1.54) is 11.8 Å². The number of aliphatic carboxylic acids is 1. The average Bonchev–Trinajstić information content (AvgIpc) is 3.00. The van der Waals surface area contributed by atoms with Crippen molar-refractivity contribution in [3.8, 4) is 0 Å². The summed E-state index contributed by atoms with van der Waals surface area (Å²) in [6.07, 6.45) is -2.77. The summed E-state index contributed by atoms with van der Waals surface area (Å²) in [6, 6.07) is 6.28. The van der Waals surface area contributed by atoms with E-state index in [2.05, 4.69) is 5.32 Å². The molecular weight excluding hydrogens is 357 g/mol. The van der Waals surface area contributed by atoms with Gasteiger partial charge in [0, 0.05) is 18.0 Å². The van der Waals surface area contributed by atoms with Crippen LogP contribution in [0.5, 0.6) is 0 Å². The van der Waals surface area contributed by atoms with Crippen molar-refractivity contribution < 1.29 is 27.9 Å². The monoisotopic (exact) mass is 376 g/mol. The summed E-state index contributed by atoms with van der Waals surface area (Å²) in [7, 11) is 0. The minimum Gasteiger partial charge on any atom is -0.481 e. The van der Waals surface area contributed by atoms with Gasteiger partial charge in [0.15, 0.2) is 0 Å². The third kappa shape index (κ3) is 4.39. The van der Waals surface area contributed by atoms with Crippen molar-refractivity contribution in [1.29, 1.82) is 0 Å². The van der Waals surface area contributed by atoms with E-state index in [1.54, 1.807) is 6.92 Å². The first kappa shape index (κ1) is 19.4. The molecule has 1 aromatic carbocycles. The molecule has 3 atom stereocenters. The van der Waals surface area contributed by atoms with Crippen LogP contribution in [0.2, 0.25) is 0 Å². The Labute approximate surface area is 147 Å². The molecule has 2 amide bonds. The zero-order valence-corrected chi connectivity index (χ0v) is 14.5. The summed E-state index contributed by atoms with van der Waals surface area (Å²) >= 11 is 1.50. The molecular formula is C16H19F3N2O3S. The van der Waals surface area contributed by atoms with E-state index in [-0.39, 0.29) is 0 Å². The van der Waals surface area contributed by atoms with Crippen LogP contribution in [0.15, 0.2) is 29.2 Å². The number of nitrogens with zero attached hydrogens (tertiary/aromatic N) is 1. The fourth-order valence-electron chi connectivity index (χ4n) is 2.93. The lowest BCUT2D eigenvalue weighted by molar-refractivity contribution is -0.187. The Morgan fingerprint density at radius 2 is 1.96 bits per heavy atom. The topological polar surface area (TPSA) is 69.6 Å². The molecule has 0 unspecified atom stereocenters. The molecule has 0 aromatic heterocycles. The predicted molar refractivity (Wildman–Crippen MR) is 87.4 cm³/mol. The van der Waals surface area contributed by atoms with E-state index >= 15 is 0 Å². The lowest BCUT2D eigenvalue weighted by atomic mass is 9.96. The minimum atomic E-state index is -4.66. The van der Waals surface area contributed by atoms with E-state index in [0.717, 1.165) is 15.4 Å². The van der Waals surface area contributed by atoms with Gasteiger partial charge in [0.25, 0.3) is 0 Å². The van der Waals surface area contributed by atoms with Crippen molar-refractivity contribution in [1.82, 2.24) is 10.2 Å². The standard InChI is InChI=1S/C16H19F3N2O3S/c1-9(10-5-3-4-6-13(10)25-2)20-15(24)21-7-11(14(22)23)12(8-21)16(17,18)19/h3-6,9,11-12H,7-8H2,1-2H3,(H,20,24)(H,22,23)/t9-,11+,12+/m0/s1. The summed E-state index contributed by atoms with van der Waals surface area (Å²) < 4.78 is 39.0. The Morgan fingerprint density at radius 3 is 2.48 bits per heavy atom. The number of likely N-dealkylation sites (tertiary alicyclic amines) is 1. The van der Waals surface area contributed by atoms with E-state index < -0.39 is 49.1 Å². The Balaban J connectivity index is 2.09. The number of carboxylic acid groups (broad SMARTS) is 1. The van der Waals surface area contributed by atoms with Gasteiger partial charge < -0.3 is 15.3 Å². The lowest BCUT2D eigenvalue weighted by Crippen LogP contribution is -2.40. The molecule has 1 heterocycles. The number of hydrogen-bond acceptors (Lipinski definition) is 3. The number of carbonyl (C=O) groups is 2. The van der Waals surface area contributed by atoms with E-state index in [9.17, 15) is 22.8 Å². The van der Waals surface area contributed by atoms with Crippen LogP contribution >= 0.6 is 11.8 Å². The molecule has 0 saturated carbocycles. The fourth-order valence-corrected chi connectivity index (χ4v) is 3.63. The number of benzene rings is 1. The minimum absolute atomic E-state index is 0.413. The number of amides is 2. The van der Waals surface area contributed by atoms with Crippen molar-refractivity contribution in [3.63, 3.8) is 0 Å². The SMILES string of the molecule is CSc1ccccc1[C@H](C)NC(=O)N1C[C@@H](C(F)(F)F)[C@H](C(=O)O)C1. The first-order valence-corrected chi connectivity index (χ1v) is 8.85. The molecule has 0 bridgehead atoms. The van der Waals surface area contributed by atoms with E-state index in [4.69, 9.17) is 5.11 Å². The highest BCUT2D eigenvalue weighted by atomic mass is 32.2. The van der Waals surface area contributed by atoms with Crippen LogP contribution in [0.1, 0.15) is 18.5 Å². The molecule has 1 fully saturated rings. The lowest BCUT2D eigenvalue weighted by Gasteiger charge is -2.22. The van der Waals surface area contributed by atoms with Gasteiger partial charge in [0.1, 0.15) is 0 Å². The van der Waals surface area contributed by atoms with Crippen molar-refractivity contribution >= 4 is 23.8 Å². The Morgan fingerprint density at radius 1 is 1.32 bits per heavy atom. The van der Waals surface area contributed by atoms with Gasteiger partial charge in [-0.15, -0.1) is 11.8 Å². The van der Waals surface area contributed by atoms with Crippen molar-refractivity contribution in [2.45, 2.75) is 24.0 Å². The summed E-state index contributed by atoms with van der Waals surface area (Å²) in [5.41, 5.74) is 0.852. The Hall–Kier alpha value is -1.90. The molecule has 2 N–H and O–H groups in total. The van der Waals surface area contributed by atoms with Gasteiger partial charge in [-0.1, -0.05) is 18.2 Å². The molecule has 1 aliphatic heterocycles. The third-order valence-corrected chi connectivity index (χ3v) is 5.10. The highest BCUT2D eigenvalue weighted by molar-refractivity contribution is 7.98. The number of halogens is 3. The van der Waals surface area contributed by atoms with Crippen molar-refractivity contribution in [2.24, 2.45) is 11.8 Å². The highest BCUT2D eigenvalue weighted by Crippen LogP contribution is 2.38. The Bertz CT molecular complexity index is 654. The van der Waals surface area contributed by atoms with Gasteiger partial charge in [-0.05, 0) is 24.8 Å². The molecule has 0 spiro atoms. The van der Waals surface area contributed by atoms with Crippen LogP contribution in [-0.4, -0.2) is 47.5 Å². The third-order valence-electron chi connectivity index (χ3n) is 4.29. The van der Waals surface area contributed by atoms with Gasteiger partial charge in [0.2, 0.25) is 0 Å². The molecule has 9 heteroatoms. The van der Waals surface area contributed by atoms with Gasteiger partial charge >= 0.3 is 18.2 Å². The number of nitrogens with one attached hydrogen (secondary N) is 1. The van der Waals surface area contributed by atoms with Gasteiger partial charge in [0.05, 0.1) is 17.9 Å². The highest BCUT2D eigenvalue weighted by Gasteiger charge is 2.53. The second kappa shape index (κ2) is 7.55. The van der Waals surface area contributed by atoms with Gasteiger partial charge in [-0.25, -0.2) is 4.79 Å². The van der Waals surface area contributed by atoms with Crippen molar-refractivity contribution in [3.05, 3.63) is 29.8 Å². The molecule has 138 valence electrons. The first-order valence-electron chi connectivity index (χ1n) is 7.63. The Kier molecular flexibility index (Phi) is 5.87. The predicted octanol–water partition coefficient (Wildman–Crippen LogP) is 3.37. The fraction of sp³-hybridized carbons (Fsp3) is 0.500. The zero-order valence-electron chi connectivity index (χ0n) is 13.7. The van der Waals surface area contributed by atoms with Crippen molar-refractivity contribution in [2.75, 3.05) is 19.3 Å². The van der Waals surface area contributed by atoms with Crippen LogP contribution in [-0.2, 0) is 4.79 Å². The molecule has 5 nitrogen and oxygen atoms in total. The van der Waals surface area contributed by atoms with E-state index in [0.29, 0.717) is 0 Å². The molecule has 1 saturated heterocycles. The number of thioether (sulfide) groups is 1. The summed E-state index contributed by atoms with van der Waals surface area (Å²) in [4.78, 5) is 25.3. The van der Waals surface area contributed by atoms with Crippen LogP contribution < -0.4 is 5.32 Å². The molecule has 1 aromatic rings. The number of urea groups is 1. The number of rotatable bonds is 4. The molecule has 0 radical (unpaired) electrons. The van der Waals surface area contributed by atoms with Crippen LogP contribution in [0.25, 0.3) is 0 Å². The number of carboxylic acids is 1. The largest absolute Gasteiger partial charge is 0.481 e. The van der Waals surface area contributed by atoms with Crippen LogP contribution in [0.4, 0.5) is 18.0 Å². The average molecular weight is 376 g/mol. The summed E-state index contributed by atoms with van der Waals surface area (Å²) in [5, 5.41) is 11.7. The maximum Gasteiger partial charge on any atom is 0.394 e. The zero-order chi connectivity index (χ0) is 18.8. The normalized spacial score (nSPS) is 21.9. The summed E-state index contributed by atoms with van der Waals surface area (Å²) in [6.45, 7) is 0.629. The molecule has 0 aliphatic carbocycles. The summed E-state index contributed by atoms with van der Waals surface area (Å²) in [5.74, 6) is -5.23. The second-order valence-electron chi connectivity index (χ2n) is 5.91. The van der Waals surface area contributed by atoms with Crippen LogP contribution in [0.3, 0.4) is 0 Å². The first-order chi connectivity index (χ1) is 11.6. The van der Waals surface area contributed by atoms with Crippen LogP contribution in [0, 0.1) is 11.8 Å². The molecule has 2 rings (SSSR count). The quantitative estimate of drug-likeness (QED) is 0.791. The number of carbonyl (C=O) groups excluding carboxylic acids is 1.